The van der Waals surface area contributed by atoms with Crippen LogP contribution in [0.5, 0.6) is 0 Å². The highest BCUT2D eigenvalue weighted by Gasteiger charge is 2.23. The molecule has 0 radical (unpaired) electrons. The van der Waals surface area contributed by atoms with Crippen molar-refractivity contribution in [3.05, 3.63) is 49.4 Å². The molecule has 3 N–H and O–H groups in total. The summed E-state index contributed by atoms with van der Waals surface area (Å²) in [4.78, 5) is 28.1. The van der Waals surface area contributed by atoms with Gasteiger partial charge < -0.3 is 20.6 Å². The number of anilines is 1. The lowest BCUT2D eigenvalue weighted by Gasteiger charge is -2.22. The van der Waals surface area contributed by atoms with E-state index in [1.54, 1.807) is 27.0 Å². The number of carbonyl (C=O) groups is 1. The molecule has 2 heterocycles. The Hall–Kier alpha value is -2.93. The van der Waals surface area contributed by atoms with Crippen LogP contribution < -0.4 is 25.4 Å². The SMILES string of the molecule is CCn1c(=C(C#N)C(=O)NC(C)(C)CO)sc(=CNc2ccc(CCN3CCCC3)cc2)c1=O. The Balaban J connectivity index is 1.81. The zero-order valence-electron chi connectivity index (χ0n) is 20.1. The Kier molecular flexibility index (Phi) is 8.67. The molecule has 1 fully saturated rings. The number of aromatic nitrogens is 1. The van der Waals surface area contributed by atoms with Crippen LogP contribution in [0.25, 0.3) is 11.8 Å². The maximum atomic E-state index is 12.9. The first-order valence-electron chi connectivity index (χ1n) is 11.6. The van der Waals surface area contributed by atoms with Crippen molar-refractivity contribution in [3.8, 4) is 6.07 Å². The fourth-order valence-electron chi connectivity index (χ4n) is 3.81. The summed E-state index contributed by atoms with van der Waals surface area (Å²) in [5.74, 6) is -0.617. The molecule has 0 saturated carbocycles. The quantitative estimate of drug-likeness (QED) is 0.491. The van der Waals surface area contributed by atoms with Crippen LogP contribution in [0.2, 0.25) is 0 Å². The normalized spacial score (nSPS) is 15.8. The van der Waals surface area contributed by atoms with Gasteiger partial charge in [-0.05, 0) is 70.8 Å². The minimum Gasteiger partial charge on any atom is -0.394 e. The number of aliphatic hydroxyl groups is 1. The molecule has 0 bridgehead atoms. The minimum atomic E-state index is -0.884. The molecule has 34 heavy (non-hydrogen) atoms. The van der Waals surface area contributed by atoms with E-state index in [-0.39, 0.29) is 17.7 Å². The number of hydrogen-bond donors (Lipinski definition) is 3. The van der Waals surface area contributed by atoms with Gasteiger partial charge in [-0.3, -0.25) is 14.2 Å². The molecular formula is C25H33N5O3S. The third-order valence-corrected chi connectivity index (χ3v) is 6.99. The minimum absolute atomic E-state index is 0.146. The Bertz CT molecular complexity index is 1220. The van der Waals surface area contributed by atoms with Crippen LogP contribution >= 0.6 is 11.3 Å². The van der Waals surface area contributed by atoms with Gasteiger partial charge in [0, 0.05) is 25.0 Å². The van der Waals surface area contributed by atoms with E-state index >= 15 is 0 Å². The molecule has 2 aromatic rings. The van der Waals surface area contributed by atoms with E-state index in [4.69, 9.17) is 0 Å². The van der Waals surface area contributed by atoms with Crippen LogP contribution in [0.3, 0.4) is 0 Å². The highest BCUT2D eigenvalue weighted by atomic mass is 32.1. The van der Waals surface area contributed by atoms with Gasteiger partial charge in [0.1, 0.15) is 15.3 Å². The lowest BCUT2D eigenvalue weighted by atomic mass is 10.1. The van der Waals surface area contributed by atoms with Crippen molar-refractivity contribution in [2.75, 3.05) is 31.6 Å². The third-order valence-electron chi connectivity index (χ3n) is 5.86. The molecule has 0 unspecified atom stereocenters. The summed E-state index contributed by atoms with van der Waals surface area (Å²) < 4.78 is 2.12. The zero-order valence-corrected chi connectivity index (χ0v) is 20.9. The summed E-state index contributed by atoms with van der Waals surface area (Å²) in [5, 5.41) is 24.9. The van der Waals surface area contributed by atoms with Crippen molar-refractivity contribution in [2.45, 2.75) is 52.1 Å². The summed E-state index contributed by atoms with van der Waals surface area (Å²) in [6.45, 7) is 8.62. The van der Waals surface area contributed by atoms with Crippen LogP contribution in [0.15, 0.2) is 29.1 Å². The number of nitrogens with one attached hydrogen (secondary N) is 2. The smallest absolute Gasteiger partial charge is 0.270 e. The highest BCUT2D eigenvalue weighted by Crippen LogP contribution is 2.12. The second-order valence-electron chi connectivity index (χ2n) is 9.09. The van der Waals surface area contributed by atoms with Crippen molar-refractivity contribution in [1.82, 2.24) is 14.8 Å². The van der Waals surface area contributed by atoms with Crippen LogP contribution in [0, 0.1) is 11.3 Å². The van der Waals surface area contributed by atoms with Gasteiger partial charge in [0.05, 0.1) is 12.1 Å². The van der Waals surface area contributed by atoms with Gasteiger partial charge in [-0.25, -0.2) is 0 Å². The Morgan fingerprint density at radius 2 is 1.94 bits per heavy atom. The molecule has 0 aliphatic carbocycles. The number of amides is 1. The van der Waals surface area contributed by atoms with Gasteiger partial charge in [-0.15, -0.1) is 11.3 Å². The van der Waals surface area contributed by atoms with Crippen LogP contribution in [0.1, 0.15) is 39.2 Å². The van der Waals surface area contributed by atoms with Crippen molar-refractivity contribution < 1.29 is 9.90 Å². The number of rotatable bonds is 9. The Labute approximate surface area is 203 Å². The largest absolute Gasteiger partial charge is 0.394 e. The number of nitriles is 1. The number of hydrogen-bond acceptors (Lipinski definition) is 7. The van der Waals surface area contributed by atoms with Gasteiger partial charge in [0.25, 0.3) is 11.5 Å². The van der Waals surface area contributed by atoms with Gasteiger partial charge in [-0.2, -0.15) is 5.26 Å². The number of carbonyl (C=O) groups excluding carboxylic acids is 1. The van der Waals surface area contributed by atoms with Gasteiger partial charge in [-0.1, -0.05) is 12.1 Å². The van der Waals surface area contributed by atoms with Crippen molar-refractivity contribution in [2.24, 2.45) is 0 Å². The first-order chi connectivity index (χ1) is 16.3. The average molecular weight is 484 g/mol. The van der Waals surface area contributed by atoms with E-state index in [2.05, 4.69) is 27.7 Å². The predicted octanol–water partition coefficient (Wildman–Crippen LogP) is 0.979. The van der Waals surface area contributed by atoms with E-state index in [0.29, 0.717) is 15.7 Å². The van der Waals surface area contributed by atoms with Gasteiger partial charge >= 0.3 is 0 Å². The molecule has 1 amide bonds. The van der Waals surface area contributed by atoms with Crippen molar-refractivity contribution >= 4 is 34.7 Å². The van der Waals surface area contributed by atoms with Crippen LogP contribution in [-0.4, -0.2) is 52.3 Å². The van der Waals surface area contributed by atoms with E-state index in [1.165, 1.54) is 36.1 Å². The van der Waals surface area contributed by atoms with Crippen LogP contribution in [-0.2, 0) is 17.8 Å². The molecule has 1 saturated heterocycles. The monoisotopic (exact) mass is 483 g/mol. The molecule has 182 valence electrons. The fourth-order valence-corrected chi connectivity index (χ4v) is 4.89. The molecule has 3 rings (SSSR count). The third kappa shape index (κ3) is 6.35. The Morgan fingerprint density at radius 1 is 1.26 bits per heavy atom. The molecule has 1 aromatic heterocycles. The molecule has 0 atom stereocenters. The maximum absolute atomic E-state index is 12.9. The number of thiazole rings is 1. The molecular weight excluding hydrogens is 450 g/mol. The van der Waals surface area contributed by atoms with Gasteiger partial charge in [0.15, 0.2) is 5.57 Å². The molecule has 0 spiro atoms. The summed E-state index contributed by atoms with van der Waals surface area (Å²) >= 11 is 1.09. The van der Waals surface area contributed by atoms with Crippen molar-refractivity contribution in [1.29, 1.82) is 5.26 Å². The van der Waals surface area contributed by atoms with E-state index < -0.39 is 11.4 Å². The van der Waals surface area contributed by atoms with E-state index in [0.717, 1.165) is 30.0 Å². The second-order valence-corrected chi connectivity index (χ2v) is 10.1. The fraction of sp³-hybridized carbons (Fsp3) is 0.480. The standard InChI is InChI=1S/C25H33N5O3S/c1-4-30-23(33)21(34-24(30)20(15-26)22(32)28-25(2,3)17-31)16-27-19-9-7-18(8-10-19)11-14-29-12-5-6-13-29/h7-10,16,27,31H,4-6,11-14,17H2,1-3H3,(H,28,32). The first-order valence-corrected chi connectivity index (χ1v) is 12.4. The van der Waals surface area contributed by atoms with Gasteiger partial charge in [0.2, 0.25) is 0 Å². The lowest BCUT2D eigenvalue weighted by Crippen LogP contribution is -2.47. The lowest BCUT2D eigenvalue weighted by molar-refractivity contribution is -0.117. The average Bonchev–Trinajstić information content (AvgIpc) is 3.45. The summed E-state index contributed by atoms with van der Waals surface area (Å²) in [7, 11) is 0. The summed E-state index contributed by atoms with van der Waals surface area (Å²) in [5.41, 5.74) is 0.834. The predicted molar refractivity (Wildman–Crippen MR) is 136 cm³/mol. The second kappa shape index (κ2) is 11.5. The molecule has 1 aliphatic heterocycles. The topological polar surface area (TPSA) is 110 Å². The maximum Gasteiger partial charge on any atom is 0.270 e. The highest BCUT2D eigenvalue weighted by molar-refractivity contribution is 7.07. The molecule has 9 heteroatoms. The summed E-state index contributed by atoms with van der Waals surface area (Å²) in [6, 6.07) is 10.1. The van der Waals surface area contributed by atoms with E-state index in [1.807, 2.05) is 18.2 Å². The first kappa shape index (κ1) is 25.7. The van der Waals surface area contributed by atoms with E-state index in [9.17, 15) is 20.0 Å². The zero-order chi connectivity index (χ0) is 24.7. The summed E-state index contributed by atoms with van der Waals surface area (Å²) in [6.07, 6.45) is 5.22. The molecule has 1 aromatic carbocycles. The molecule has 8 nitrogen and oxygen atoms in total. The van der Waals surface area contributed by atoms with Crippen LogP contribution in [0.4, 0.5) is 5.69 Å². The number of likely N-dealkylation sites (tertiary alicyclic amines) is 1. The number of nitrogens with zero attached hydrogens (tertiary/aromatic N) is 3. The number of benzene rings is 1. The van der Waals surface area contributed by atoms with Crippen molar-refractivity contribution in [3.63, 3.8) is 0 Å². The number of aliphatic hydroxyl groups excluding tert-OH is 1. The molecule has 1 aliphatic rings. The Morgan fingerprint density at radius 3 is 2.53 bits per heavy atom.